The van der Waals surface area contributed by atoms with Gasteiger partial charge < -0.3 is 4.42 Å². The van der Waals surface area contributed by atoms with Crippen LogP contribution < -0.4 is 10.9 Å². The summed E-state index contributed by atoms with van der Waals surface area (Å²) in [6.07, 6.45) is 0.515. The Morgan fingerprint density at radius 3 is 2.76 bits per heavy atom. The summed E-state index contributed by atoms with van der Waals surface area (Å²) in [5.41, 5.74) is 5.73. The molecule has 0 radical (unpaired) electrons. The Bertz CT molecular complexity index is 951. The van der Waals surface area contributed by atoms with Gasteiger partial charge in [-0.15, -0.1) is 0 Å². The highest BCUT2D eigenvalue weighted by Gasteiger charge is 2.29. The number of furan rings is 1. The van der Waals surface area contributed by atoms with Crippen LogP contribution in [0.15, 0.2) is 22.6 Å². The van der Waals surface area contributed by atoms with Crippen molar-refractivity contribution >= 4 is 44.2 Å². The van der Waals surface area contributed by atoms with E-state index in [-0.39, 0.29) is 29.6 Å². The number of hydrogen-bond donors (Lipinski definition) is 2. The van der Waals surface area contributed by atoms with Gasteiger partial charge in [0.2, 0.25) is 5.91 Å². The summed E-state index contributed by atoms with van der Waals surface area (Å²) in [6, 6.07) is 5.03. The Labute approximate surface area is 149 Å². The van der Waals surface area contributed by atoms with Crippen LogP contribution in [0, 0.1) is 12.8 Å². The lowest BCUT2D eigenvalue weighted by molar-refractivity contribution is -0.122. The van der Waals surface area contributed by atoms with Crippen LogP contribution >= 0.6 is 11.6 Å². The van der Waals surface area contributed by atoms with Crippen molar-refractivity contribution in [1.29, 1.82) is 0 Å². The van der Waals surface area contributed by atoms with Crippen LogP contribution in [-0.4, -0.2) is 31.7 Å². The molecule has 2 aromatic rings. The van der Waals surface area contributed by atoms with Crippen molar-refractivity contribution in [3.05, 3.63) is 34.5 Å². The van der Waals surface area contributed by atoms with Crippen molar-refractivity contribution < 1.29 is 22.4 Å². The quantitative estimate of drug-likeness (QED) is 0.787. The second kappa shape index (κ2) is 6.68. The molecule has 1 fully saturated rings. The first-order chi connectivity index (χ1) is 11.7. The zero-order valence-electron chi connectivity index (χ0n) is 13.5. The van der Waals surface area contributed by atoms with E-state index in [1.807, 2.05) is 0 Å². The molecule has 1 aromatic carbocycles. The summed E-state index contributed by atoms with van der Waals surface area (Å²) >= 11 is 5.94. The van der Waals surface area contributed by atoms with Gasteiger partial charge in [-0.3, -0.25) is 20.4 Å². The van der Waals surface area contributed by atoms with Crippen molar-refractivity contribution in [3.63, 3.8) is 0 Å². The fourth-order valence-corrected chi connectivity index (χ4v) is 4.97. The minimum absolute atomic E-state index is 0.0117. The van der Waals surface area contributed by atoms with Gasteiger partial charge in [-0.25, -0.2) is 8.42 Å². The summed E-state index contributed by atoms with van der Waals surface area (Å²) in [7, 11) is -3.03. The van der Waals surface area contributed by atoms with Crippen LogP contribution in [0.1, 0.15) is 29.0 Å². The minimum Gasteiger partial charge on any atom is -0.451 e. The van der Waals surface area contributed by atoms with Gasteiger partial charge in [0.05, 0.1) is 11.5 Å². The summed E-state index contributed by atoms with van der Waals surface area (Å²) in [4.78, 5) is 24.1. The second-order valence-electron chi connectivity index (χ2n) is 6.17. The second-order valence-corrected chi connectivity index (χ2v) is 8.84. The van der Waals surface area contributed by atoms with E-state index in [2.05, 4.69) is 10.9 Å². The summed E-state index contributed by atoms with van der Waals surface area (Å²) in [5.74, 6) is -1.03. The lowest BCUT2D eigenvalue weighted by atomic mass is 10.1. The number of aryl methyl sites for hydroxylation is 1. The van der Waals surface area contributed by atoms with E-state index in [1.54, 1.807) is 25.1 Å². The normalized spacial score (nSPS) is 19.0. The summed E-state index contributed by atoms with van der Waals surface area (Å²) < 4.78 is 28.3. The molecular formula is C16H17ClN2O5S. The van der Waals surface area contributed by atoms with Crippen LogP contribution in [0.5, 0.6) is 0 Å². The third-order valence-corrected chi connectivity index (χ3v) is 6.29. The van der Waals surface area contributed by atoms with Gasteiger partial charge in [-0.05, 0) is 37.5 Å². The van der Waals surface area contributed by atoms with E-state index in [0.29, 0.717) is 22.6 Å². The molecule has 9 heteroatoms. The molecule has 1 saturated heterocycles. The number of carbonyl (C=O) groups is 2. The highest BCUT2D eigenvalue weighted by molar-refractivity contribution is 7.91. The highest BCUT2D eigenvalue weighted by atomic mass is 35.5. The van der Waals surface area contributed by atoms with E-state index in [0.717, 1.165) is 5.39 Å². The van der Waals surface area contributed by atoms with Gasteiger partial charge in [-0.2, -0.15) is 0 Å². The Hall–Kier alpha value is -2.06. The van der Waals surface area contributed by atoms with E-state index >= 15 is 0 Å². The first-order valence-electron chi connectivity index (χ1n) is 7.73. The fourth-order valence-electron chi connectivity index (χ4n) is 2.94. The monoisotopic (exact) mass is 384 g/mol. The Morgan fingerprint density at radius 1 is 1.32 bits per heavy atom. The van der Waals surface area contributed by atoms with Crippen molar-refractivity contribution in [1.82, 2.24) is 10.9 Å². The number of sulfone groups is 1. The number of hydrogen-bond acceptors (Lipinski definition) is 5. The smallest absolute Gasteiger partial charge is 0.305 e. The number of amides is 2. The Kier molecular flexibility index (Phi) is 4.75. The van der Waals surface area contributed by atoms with E-state index in [9.17, 15) is 18.0 Å². The van der Waals surface area contributed by atoms with Gasteiger partial charge in [0.25, 0.3) is 0 Å². The average molecular weight is 385 g/mol. The number of carbonyl (C=O) groups excluding carboxylic acids is 2. The van der Waals surface area contributed by atoms with Crippen molar-refractivity contribution in [2.24, 2.45) is 5.92 Å². The SMILES string of the molecule is Cc1c(C(=O)NNC(=O)C[C@@H]2CCS(=O)(=O)C2)oc2ccc(Cl)cc12. The zero-order chi connectivity index (χ0) is 18.2. The zero-order valence-corrected chi connectivity index (χ0v) is 15.0. The molecule has 2 heterocycles. The third kappa shape index (κ3) is 3.96. The molecule has 1 aliphatic heterocycles. The molecule has 0 unspecified atom stereocenters. The predicted molar refractivity (Wildman–Crippen MR) is 92.9 cm³/mol. The topological polar surface area (TPSA) is 105 Å². The van der Waals surface area contributed by atoms with Crippen molar-refractivity contribution in [2.75, 3.05) is 11.5 Å². The predicted octanol–water partition coefficient (Wildman–Crippen LogP) is 1.98. The molecule has 0 aliphatic carbocycles. The maximum atomic E-state index is 12.2. The van der Waals surface area contributed by atoms with E-state index in [4.69, 9.17) is 16.0 Å². The van der Waals surface area contributed by atoms with Crippen molar-refractivity contribution in [3.8, 4) is 0 Å². The number of fused-ring (bicyclic) bond motifs is 1. The molecule has 1 aromatic heterocycles. The lowest BCUT2D eigenvalue weighted by Gasteiger charge is -2.09. The van der Waals surface area contributed by atoms with Crippen LogP contribution in [0.25, 0.3) is 11.0 Å². The van der Waals surface area contributed by atoms with Crippen LogP contribution in [0.2, 0.25) is 5.02 Å². The van der Waals surface area contributed by atoms with Gasteiger partial charge in [-0.1, -0.05) is 11.6 Å². The van der Waals surface area contributed by atoms with E-state index in [1.165, 1.54) is 0 Å². The summed E-state index contributed by atoms with van der Waals surface area (Å²) in [6.45, 7) is 1.72. The summed E-state index contributed by atoms with van der Waals surface area (Å²) in [5, 5.41) is 1.25. The Balaban J connectivity index is 1.61. The van der Waals surface area contributed by atoms with Gasteiger partial charge in [0.1, 0.15) is 5.58 Å². The number of nitrogens with one attached hydrogen (secondary N) is 2. The third-order valence-electron chi connectivity index (χ3n) is 4.22. The lowest BCUT2D eigenvalue weighted by Crippen LogP contribution is -2.42. The standard InChI is InChI=1S/C16H17ClN2O5S/c1-9-12-7-11(17)2-3-13(12)24-15(9)16(21)19-18-14(20)6-10-4-5-25(22,23)8-10/h2-3,7,10H,4-6,8H2,1H3,(H,18,20)(H,19,21)/t10-/m0/s1. The average Bonchev–Trinajstić information content (AvgIpc) is 3.05. The molecule has 1 aliphatic rings. The maximum Gasteiger partial charge on any atom is 0.305 e. The molecule has 2 amide bonds. The maximum absolute atomic E-state index is 12.2. The van der Waals surface area contributed by atoms with Crippen molar-refractivity contribution in [2.45, 2.75) is 19.8 Å². The molecule has 2 N–H and O–H groups in total. The largest absolute Gasteiger partial charge is 0.451 e. The molecule has 0 spiro atoms. The number of hydrazine groups is 1. The fraction of sp³-hybridized carbons (Fsp3) is 0.375. The Morgan fingerprint density at radius 2 is 2.08 bits per heavy atom. The van der Waals surface area contributed by atoms with Crippen LogP contribution in [-0.2, 0) is 14.6 Å². The van der Waals surface area contributed by atoms with Crippen LogP contribution in [0.4, 0.5) is 0 Å². The van der Waals surface area contributed by atoms with Gasteiger partial charge in [0, 0.05) is 22.4 Å². The molecule has 3 rings (SSSR count). The molecular weight excluding hydrogens is 368 g/mol. The molecule has 1 atom stereocenters. The molecule has 0 saturated carbocycles. The molecule has 25 heavy (non-hydrogen) atoms. The number of benzene rings is 1. The molecule has 7 nitrogen and oxygen atoms in total. The van der Waals surface area contributed by atoms with Gasteiger partial charge >= 0.3 is 5.91 Å². The van der Waals surface area contributed by atoms with Gasteiger partial charge in [0.15, 0.2) is 15.6 Å². The van der Waals surface area contributed by atoms with E-state index < -0.39 is 21.7 Å². The first kappa shape index (κ1) is 17.8. The highest BCUT2D eigenvalue weighted by Crippen LogP contribution is 2.27. The number of halogens is 1. The molecule has 0 bridgehead atoms. The number of rotatable bonds is 3. The first-order valence-corrected chi connectivity index (χ1v) is 9.93. The van der Waals surface area contributed by atoms with Crippen LogP contribution in [0.3, 0.4) is 0 Å². The molecule has 134 valence electrons. The minimum atomic E-state index is -3.03.